The van der Waals surface area contributed by atoms with Gasteiger partial charge in [0, 0.05) is 12.1 Å². The maximum atomic E-state index is 5.96. The number of rotatable bonds is 4. The predicted molar refractivity (Wildman–Crippen MR) is 73.0 cm³/mol. The standard InChI is InChI=1S/C15H24N2/c1-2-15(12-13-6-4-3-5-7-13)17-10-8-14(16)9-11-17/h3-7,14-15H,2,8-12,16H2,1H3. The zero-order chi connectivity index (χ0) is 12.1. The van der Waals surface area contributed by atoms with Gasteiger partial charge in [-0.05, 0) is 44.3 Å². The Morgan fingerprint density at radius 1 is 1.24 bits per heavy atom. The molecule has 94 valence electrons. The molecule has 0 saturated carbocycles. The largest absolute Gasteiger partial charge is 0.328 e. The van der Waals surface area contributed by atoms with Crippen LogP contribution in [0, 0.1) is 0 Å². The molecule has 1 unspecified atom stereocenters. The molecule has 2 N–H and O–H groups in total. The van der Waals surface area contributed by atoms with Gasteiger partial charge in [0.15, 0.2) is 0 Å². The fourth-order valence-corrected chi connectivity index (χ4v) is 2.70. The number of hydrogen-bond acceptors (Lipinski definition) is 2. The number of nitrogens with zero attached hydrogens (tertiary/aromatic N) is 1. The highest BCUT2D eigenvalue weighted by atomic mass is 15.2. The van der Waals surface area contributed by atoms with Gasteiger partial charge in [0.05, 0.1) is 0 Å². The Balaban J connectivity index is 1.92. The molecule has 2 rings (SSSR count). The molecule has 1 aliphatic heterocycles. The lowest BCUT2D eigenvalue weighted by Crippen LogP contribution is -2.45. The van der Waals surface area contributed by atoms with Gasteiger partial charge >= 0.3 is 0 Å². The molecule has 0 aromatic heterocycles. The van der Waals surface area contributed by atoms with E-state index in [0.29, 0.717) is 12.1 Å². The van der Waals surface area contributed by atoms with Crippen LogP contribution in [0.3, 0.4) is 0 Å². The molecule has 1 aromatic rings. The van der Waals surface area contributed by atoms with Gasteiger partial charge in [-0.25, -0.2) is 0 Å². The van der Waals surface area contributed by atoms with E-state index in [-0.39, 0.29) is 0 Å². The molecule has 0 amide bonds. The lowest BCUT2D eigenvalue weighted by atomic mass is 9.98. The lowest BCUT2D eigenvalue weighted by Gasteiger charge is -2.36. The van der Waals surface area contributed by atoms with E-state index in [9.17, 15) is 0 Å². The van der Waals surface area contributed by atoms with Crippen LogP contribution >= 0.6 is 0 Å². The van der Waals surface area contributed by atoms with Gasteiger partial charge in [-0.2, -0.15) is 0 Å². The van der Waals surface area contributed by atoms with Crippen molar-refractivity contribution in [1.82, 2.24) is 4.90 Å². The number of piperidine rings is 1. The first kappa shape index (κ1) is 12.6. The van der Waals surface area contributed by atoms with Crippen LogP contribution < -0.4 is 5.73 Å². The second kappa shape index (κ2) is 6.18. The molecular weight excluding hydrogens is 208 g/mol. The minimum absolute atomic E-state index is 0.431. The zero-order valence-electron chi connectivity index (χ0n) is 10.8. The van der Waals surface area contributed by atoms with Crippen molar-refractivity contribution in [3.63, 3.8) is 0 Å². The summed E-state index contributed by atoms with van der Waals surface area (Å²) >= 11 is 0. The summed E-state index contributed by atoms with van der Waals surface area (Å²) in [4.78, 5) is 2.62. The topological polar surface area (TPSA) is 29.3 Å². The van der Waals surface area contributed by atoms with Crippen LogP contribution in [0.15, 0.2) is 30.3 Å². The summed E-state index contributed by atoms with van der Waals surface area (Å²) in [5, 5.41) is 0. The highest BCUT2D eigenvalue weighted by molar-refractivity contribution is 5.16. The Kier molecular flexibility index (Phi) is 4.57. The molecule has 2 nitrogen and oxygen atoms in total. The first-order valence-corrected chi connectivity index (χ1v) is 6.83. The fourth-order valence-electron chi connectivity index (χ4n) is 2.70. The quantitative estimate of drug-likeness (QED) is 0.864. The first-order chi connectivity index (χ1) is 8.29. The summed E-state index contributed by atoms with van der Waals surface area (Å²) in [5.74, 6) is 0. The molecule has 1 saturated heterocycles. The highest BCUT2D eigenvalue weighted by Gasteiger charge is 2.22. The molecule has 1 aliphatic rings. The minimum Gasteiger partial charge on any atom is -0.328 e. The third-order valence-electron chi connectivity index (χ3n) is 3.88. The van der Waals surface area contributed by atoms with Gasteiger partial charge in [-0.3, -0.25) is 4.90 Å². The SMILES string of the molecule is CCC(Cc1ccccc1)N1CCC(N)CC1. The normalized spacial score (nSPS) is 20.4. The van der Waals surface area contributed by atoms with Crippen molar-refractivity contribution in [1.29, 1.82) is 0 Å². The zero-order valence-corrected chi connectivity index (χ0v) is 10.8. The fraction of sp³-hybridized carbons (Fsp3) is 0.600. The Labute approximate surface area is 105 Å². The van der Waals surface area contributed by atoms with Crippen LogP contribution in [0.1, 0.15) is 31.7 Å². The second-order valence-corrected chi connectivity index (χ2v) is 5.13. The molecule has 1 atom stereocenters. The number of likely N-dealkylation sites (tertiary alicyclic amines) is 1. The van der Waals surface area contributed by atoms with E-state index in [1.54, 1.807) is 0 Å². The van der Waals surface area contributed by atoms with Gasteiger partial charge < -0.3 is 5.73 Å². The molecule has 0 bridgehead atoms. The minimum atomic E-state index is 0.431. The Morgan fingerprint density at radius 3 is 2.47 bits per heavy atom. The van der Waals surface area contributed by atoms with Crippen molar-refractivity contribution in [3.8, 4) is 0 Å². The summed E-state index contributed by atoms with van der Waals surface area (Å²) in [6.45, 7) is 4.64. The molecule has 2 heteroatoms. The van der Waals surface area contributed by atoms with Gasteiger partial charge in [-0.15, -0.1) is 0 Å². The monoisotopic (exact) mass is 232 g/mol. The van der Waals surface area contributed by atoms with E-state index in [1.165, 1.54) is 31.5 Å². The smallest absolute Gasteiger partial charge is 0.0133 e. The van der Waals surface area contributed by atoms with Crippen molar-refractivity contribution in [3.05, 3.63) is 35.9 Å². The molecule has 1 aromatic carbocycles. The molecule has 1 fully saturated rings. The van der Waals surface area contributed by atoms with E-state index < -0.39 is 0 Å². The number of benzene rings is 1. The van der Waals surface area contributed by atoms with Crippen LogP contribution in [0.25, 0.3) is 0 Å². The van der Waals surface area contributed by atoms with E-state index in [4.69, 9.17) is 5.73 Å². The van der Waals surface area contributed by atoms with Gasteiger partial charge in [0.25, 0.3) is 0 Å². The highest BCUT2D eigenvalue weighted by Crippen LogP contribution is 2.17. The van der Waals surface area contributed by atoms with Crippen LogP contribution in [-0.4, -0.2) is 30.1 Å². The third-order valence-corrected chi connectivity index (χ3v) is 3.88. The Bertz CT molecular complexity index is 315. The van der Waals surface area contributed by atoms with E-state index in [1.807, 2.05) is 0 Å². The Morgan fingerprint density at radius 2 is 1.88 bits per heavy atom. The molecule has 0 spiro atoms. The summed E-state index contributed by atoms with van der Waals surface area (Å²) in [6, 6.07) is 11.9. The van der Waals surface area contributed by atoms with E-state index in [0.717, 1.165) is 12.8 Å². The second-order valence-electron chi connectivity index (χ2n) is 5.13. The number of nitrogens with two attached hydrogens (primary N) is 1. The summed E-state index contributed by atoms with van der Waals surface area (Å²) in [7, 11) is 0. The van der Waals surface area contributed by atoms with Crippen LogP contribution in [0.5, 0.6) is 0 Å². The third kappa shape index (κ3) is 3.55. The molecule has 17 heavy (non-hydrogen) atoms. The van der Waals surface area contributed by atoms with Gasteiger partial charge in [-0.1, -0.05) is 37.3 Å². The molecule has 1 heterocycles. The maximum absolute atomic E-state index is 5.96. The molecule has 0 radical (unpaired) electrons. The van der Waals surface area contributed by atoms with Gasteiger partial charge in [0.1, 0.15) is 0 Å². The maximum Gasteiger partial charge on any atom is 0.0133 e. The average molecular weight is 232 g/mol. The molecule has 0 aliphatic carbocycles. The number of hydrogen-bond donors (Lipinski definition) is 1. The van der Waals surface area contributed by atoms with Crippen molar-refractivity contribution < 1.29 is 0 Å². The van der Waals surface area contributed by atoms with Gasteiger partial charge in [0.2, 0.25) is 0 Å². The van der Waals surface area contributed by atoms with Crippen molar-refractivity contribution in [2.24, 2.45) is 5.73 Å². The van der Waals surface area contributed by atoms with E-state index >= 15 is 0 Å². The van der Waals surface area contributed by atoms with Crippen molar-refractivity contribution in [2.45, 2.75) is 44.7 Å². The van der Waals surface area contributed by atoms with Crippen molar-refractivity contribution in [2.75, 3.05) is 13.1 Å². The Hall–Kier alpha value is -0.860. The lowest BCUT2D eigenvalue weighted by molar-refractivity contribution is 0.148. The predicted octanol–water partition coefficient (Wildman–Crippen LogP) is 2.43. The van der Waals surface area contributed by atoms with Crippen LogP contribution in [0.4, 0.5) is 0 Å². The molecular formula is C15H24N2. The average Bonchev–Trinajstić information content (AvgIpc) is 2.38. The summed E-state index contributed by atoms with van der Waals surface area (Å²) < 4.78 is 0. The van der Waals surface area contributed by atoms with Crippen LogP contribution in [0.2, 0.25) is 0 Å². The van der Waals surface area contributed by atoms with Crippen molar-refractivity contribution >= 4 is 0 Å². The van der Waals surface area contributed by atoms with Crippen LogP contribution in [-0.2, 0) is 6.42 Å². The summed E-state index contributed by atoms with van der Waals surface area (Å²) in [5.41, 5.74) is 7.42. The first-order valence-electron chi connectivity index (χ1n) is 6.83. The van der Waals surface area contributed by atoms with E-state index in [2.05, 4.69) is 42.2 Å². The summed E-state index contributed by atoms with van der Waals surface area (Å²) in [6.07, 6.45) is 4.72.